The number of nitrogens with zero attached hydrogens (tertiary/aromatic N) is 2. The molecule has 3 atom stereocenters. The van der Waals surface area contributed by atoms with Crippen molar-refractivity contribution < 1.29 is 18.8 Å². The van der Waals surface area contributed by atoms with E-state index in [1.807, 2.05) is 36.4 Å². The van der Waals surface area contributed by atoms with E-state index in [-0.39, 0.29) is 11.4 Å². The molecule has 7 nitrogen and oxygen atoms in total. The molecule has 5 aromatic rings. The van der Waals surface area contributed by atoms with Crippen LogP contribution < -0.4 is 15.1 Å². The second kappa shape index (κ2) is 10.8. The minimum atomic E-state index is -0.852. The van der Waals surface area contributed by atoms with Gasteiger partial charge in [-0.15, -0.1) is 0 Å². The smallest absolute Gasteiger partial charge is 0.308 e. The average Bonchev–Trinajstić information content (AvgIpc) is 3.44. The maximum atomic E-state index is 13.9. The topological polar surface area (TPSA) is 88.5 Å². The summed E-state index contributed by atoms with van der Waals surface area (Å²) in [5.74, 6) is -3.20. The predicted octanol–water partition coefficient (Wildman–Crippen LogP) is 6.29. The van der Waals surface area contributed by atoms with Crippen LogP contribution in [0.5, 0.6) is 0 Å². The van der Waals surface area contributed by atoms with E-state index < -0.39 is 40.6 Å². The van der Waals surface area contributed by atoms with E-state index in [1.54, 1.807) is 42.5 Å². The Morgan fingerprint density at radius 1 is 0.884 bits per heavy atom. The molecule has 43 heavy (non-hydrogen) atoms. The summed E-state index contributed by atoms with van der Waals surface area (Å²) in [5.41, 5.74) is 1.58. The maximum Gasteiger partial charge on any atom is 0.308 e. The Hall–Kier alpha value is -4.25. The highest BCUT2D eigenvalue weighted by Crippen LogP contribution is 2.53. The SMILES string of the molecule is O=C(Cn1c2c(sc1=O)[C@H](c1ccc(F)cc1)C1C(=O)N(c3ccc(Cl)cc3)C(=O)C1S2)Nc1ccc2ccccc2c1. The minimum absolute atomic E-state index is 0.277. The van der Waals surface area contributed by atoms with Crippen molar-refractivity contribution in [2.45, 2.75) is 22.7 Å². The van der Waals surface area contributed by atoms with Gasteiger partial charge in [-0.2, -0.15) is 0 Å². The van der Waals surface area contributed by atoms with Gasteiger partial charge in [0, 0.05) is 21.5 Å². The molecule has 0 radical (unpaired) electrons. The lowest BCUT2D eigenvalue weighted by Gasteiger charge is -2.30. The predicted molar refractivity (Wildman–Crippen MR) is 166 cm³/mol. The molecule has 4 aromatic carbocycles. The number of anilines is 2. The number of aromatic nitrogens is 1. The number of hydrogen-bond donors (Lipinski definition) is 1. The maximum absolute atomic E-state index is 13.9. The van der Waals surface area contributed by atoms with Crippen LogP contribution in [0.1, 0.15) is 16.4 Å². The molecule has 0 spiro atoms. The molecule has 1 aromatic heterocycles. The van der Waals surface area contributed by atoms with Crippen molar-refractivity contribution in [3.05, 3.63) is 122 Å². The van der Waals surface area contributed by atoms with Gasteiger partial charge >= 0.3 is 4.87 Å². The largest absolute Gasteiger partial charge is 0.325 e. The Labute approximate surface area is 257 Å². The zero-order valence-corrected chi connectivity index (χ0v) is 24.6. The number of fused-ring (bicyclic) bond motifs is 3. The van der Waals surface area contributed by atoms with Gasteiger partial charge in [-0.25, -0.2) is 9.29 Å². The van der Waals surface area contributed by atoms with E-state index in [4.69, 9.17) is 11.6 Å². The van der Waals surface area contributed by atoms with Crippen molar-refractivity contribution in [3.8, 4) is 0 Å². The Morgan fingerprint density at radius 3 is 2.35 bits per heavy atom. The highest BCUT2D eigenvalue weighted by Gasteiger charge is 2.56. The highest BCUT2D eigenvalue weighted by molar-refractivity contribution is 8.00. The van der Waals surface area contributed by atoms with Gasteiger partial charge in [-0.1, -0.05) is 77.2 Å². The molecule has 2 aliphatic heterocycles. The molecule has 3 heterocycles. The fourth-order valence-corrected chi connectivity index (χ4v) is 8.64. The van der Waals surface area contributed by atoms with E-state index in [1.165, 1.54) is 16.7 Å². The minimum Gasteiger partial charge on any atom is -0.325 e. The Morgan fingerprint density at radius 2 is 1.60 bits per heavy atom. The van der Waals surface area contributed by atoms with Crippen LogP contribution in [-0.4, -0.2) is 27.5 Å². The molecule has 11 heteroatoms. The average molecular weight is 630 g/mol. The number of amides is 3. The quantitative estimate of drug-likeness (QED) is 0.231. The Kier molecular flexibility index (Phi) is 6.92. The number of carbonyl (C=O) groups is 3. The summed E-state index contributed by atoms with van der Waals surface area (Å²) in [6, 6.07) is 25.5. The van der Waals surface area contributed by atoms with Crippen molar-refractivity contribution in [2.24, 2.45) is 5.92 Å². The Balaban J connectivity index is 1.26. The zero-order chi connectivity index (χ0) is 29.8. The van der Waals surface area contributed by atoms with Crippen LogP contribution in [-0.2, 0) is 20.9 Å². The monoisotopic (exact) mass is 629 g/mol. The van der Waals surface area contributed by atoms with Crippen molar-refractivity contribution >= 4 is 74.6 Å². The van der Waals surface area contributed by atoms with Gasteiger partial charge < -0.3 is 5.32 Å². The van der Waals surface area contributed by atoms with E-state index in [9.17, 15) is 23.6 Å². The lowest BCUT2D eigenvalue weighted by molar-refractivity contribution is -0.122. The summed E-state index contributed by atoms with van der Waals surface area (Å²) < 4.78 is 15.3. The first kappa shape index (κ1) is 27.6. The number of imide groups is 1. The number of carbonyl (C=O) groups excluding carboxylic acids is 3. The zero-order valence-electron chi connectivity index (χ0n) is 22.2. The van der Waals surface area contributed by atoms with E-state index in [0.717, 1.165) is 38.8 Å². The van der Waals surface area contributed by atoms with Crippen LogP contribution in [0.3, 0.4) is 0 Å². The number of hydrogen-bond acceptors (Lipinski definition) is 6. The van der Waals surface area contributed by atoms with E-state index in [0.29, 0.717) is 31.9 Å². The van der Waals surface area contributed by atoms with Crippen molar-refractivity contribution in [1.82, 2.24) is 4.57 Å². The third-order valence-electron chi connectivity index (χ3n) is 7.70. The van der Waals surface area contributed by atoms with Crippen LogP contribution in [0.2, 0.25) is 5.02 Å². The molecule has 2 aliphatic rings. The van der Waals surface area contributed by atoms with Gasteiger partial charge in [-0.3, -0.25) is 23.7 Å². The summed E-state index contributed by atoms with van der Waals surface area (Å²) in [6.45, 7) is -0.277. The van der Waals surface area contributed by atoms with Crippen molar-refractivity contribution in [2.75, 3.05) is 10.2 Å². The number of nitrogens with one attached hydrogen (secondary N) is 1. The van der Waals surface area contributed by atoms with Crippen LogP contribution in [0, 0.1) is 11.7 Å². The molecular weight excluding hydrogens is 609 g/mol. The fourth-order valence-electron chi connectivity index (χ4n) is 5.74. The summed E-state index contributed by atoms with van der Waals surface area (Å²) in [4.78, 5) is 55.6. The number of benzene rings is 4. The van der Waals surface area contributed by atoms with Gasteiger partial charge in [0.15, 0.2) is 0 Å². The first-order chi connectivity index (χ1) is 20.8. The van der Waals surface area contributed by atoms with Crippen LogP contribution in [0.25, 0.3) is 10.8 Å². The Bertz CT molecular complexity index is 1990. The highest BCUT2D eigenvalue weighted by atomic mass is 35.5. The van der Waals surface area contributed by atoms with Crippen LogP contribution in [0.15, 0.2) is 101 Å². The third-order valence-corrected chi connectivity index (χ3v) is 10.6. The van der Waals surface area contributed by atoms with Gasteiger partial charge in [-0.05, 0) is 64.9 Å². The van der Waals surface area contributed by atoms with Crippen molar-refractivity contribution in [3.63, 3.8) is 0 Å². The molecule has 214 valence electrons. The van der Waals surface area contributed by atoms with E-state index >= 15 is 0 Å². The second-order valence-corrected chi connectivity index (χ2v) is 12.9. The van der Waals surface area contributed by atoms with Gasteiger partial charge in [0.25, 0.3) is 0 Å². The molecule has 0 saturated carbocycles. The first-order valence-corrected chi connectivity index (χ1v) is 15.4. The second-order valence-electron chi connectivity index (χ2n) is 10.3. The molecule has 0 bridgehead atoms. The first-order valence-electron chi connectivity index (χ1n) is 13.4. The lowest BCUT2D eigenvalue weighted by Crippen LogP contribution is -2.33. The summed E-state index contributed by atoms with van der Waals surface area (Å²) >= 11 is 8.10. The molecule has 7 rings (SSSR count). The number of thiazole rings is 1. The van der Waals surface area contributed by atoms with Gasteiger partial charge in [0.2, 0.25) is 17.7 Å². The molecule has 1 saturated heterocycles. The van der Waals surface area contributed by atoms with E-state index in [2.05, 4.69) is 5.32 Å². The van der Waals surface area contributed by atoms with Gasteiger partial charge in [0.05, 0.1) is 16.6 Å². The molecule has 0 aliphatic carbocycles. The third kappa shape index (κ3) is 4.85. The van der Waals surface area contributed by atoms with Crippen LogP contribution >= 0.6 is 34.7 Å². The molecule has 1 N–H and O–H groups in total. The molecule has 3 amide bonds. The lowest BCUT2D eigenvalue weighted by atomic mass is 9.83. The standard InChI is InChI=1S/C32H21ClFN3O4S2/c33-20-8-13-23(14-9-20)37-29(39)26-25(18-5-10-21(34)11-6-18)28-31(42-27(26)30(37)40)36(32(41)43-28)16-24(38)35-22-12-7-17-3-1-2-4-19(17)15-22/h1-15,25-27H,16H2,(H,35,38)/t25-,26?,27?/m1/s1. The fraction of sp³-hybridized carbons (Fsp3) is 0.125. The van der Waals surface area contributed by atoms with Gasteiger partial charge in [0.1, 0.15) is 17.6 Å². The summed E-state index contributed by atoms with van der Waals surface area (Å²) in [5, 5.41) is 4.93. The molecule has 2 unspecified atom stereocenters. The normalized spacial score (nSPS) is 19.4. The van der Waals surface area contributed by atoms with Crippen molar-refractivity contribution in [1.29, 1.82) is 0 Å². The molecule has 1 fully saturated rings. The number of thioether (sulfide) groups is 1. The summed E-state index contributed by atoms with van der Waals surface area (Å²) in [6.07, 6.45) is 0. The number of rotatable bonds is 5. The summed E-state index contributed by atoms with van der Waals surface area (Å²) in [7, 11) is 0. The molecular formula is C32H21ClFN3O4S2. The number of halogens is 2. The van der Waals surface area contributed by atoms with Crippen LogP contribution in [0.4, 0.5) is 15.8 Å².